The predicted octanol–water partition coefficient (Wildman–Crippen LogP) is 2.49. The Labute approximate surface area is 184 Å². The van der Waals surface area contributed by atoms with Crippen molar-refractivity contribution in [2.45, 2.75) is 6.54 Å². The summed E-state index contributed by atoms with van der Waals surface area (Å²) < 4.78 is 1.59. The predicted molar refractivity (Wildman–Crippen MR) is 124 cm³/mol. The fraction of sp³-hybridized carbons (Fsp3) is 0.208. The number of anilines is 1. The number of hydrogen-bond donors (Lipinski definition) is 0. The maximum absolute atomic E-state index is 13.1. The highest BCUT2D eigenvalue weighted by Gasteiger charge is 2.25. The molecule has 8 nitrogen and oxygen atoms in total. The second-order valence-electron chi connectivity index (χ2n) is 7.68. The summed E-state index contributed by atoms with van der Waals surface area (Å²) in [6, 6.07) is 13.0. The fourth-order valence-electron chi connectivity index (χ4n) is 4.08. The highest BCUT2D eigenvalue weighted by molar-refractivity contribution is 5.98. The quantitative estimate of drug-likeness (QED) is 0.466. The lowest BCUT2D eigenvalue weighted by molar-refractivity contribution is 0.0746. The van der Waals surface area contributed by atoms with E-state index in [1.54, 1.807) is 29.1 Å². The molecule has 0 atom stereocenters. The van der Waals surface area contributed by atoms with Gasteiger partial charge in [0.1, 0.15) is 5.52 Å². The van der Waals surface area contributed by atoms with E-state index in [4.69, 9.17) is 0 Å². The second-order valence-corrected chi connectivity index (χ2v) is 7.68. The number of fused-ring (bicyclic) bond motifs is 2. The molecule has 32 heavy (non-hydrogen) atoms. The molecule has 1 fully saturated rings. The van der Waals surface area contributed by atoms with E-state index >= 15 is 0 Å². The van der Waals surface area contributed by atoms with Crippen LogP contribution < -0.4 is 10.5 Å². The SMILES string of the molecule is C=CCn1c(=O)c(N2CCN(C(=O)c3ccc4ncccc4c3)CC2)nc2cccnc21. The van der Waals surface area contributed by atoms with Crippen LogP contribution in [0.25, 0.3) is 22.1 Å². The minimum Gasteiger partial charge on any atom is -0.348 e. The molecule has 1 aliphatic rings. The first-order chi connectivity index (χ1) is 15.7. The van der Waals surface area contributed by atoms with Crippen molar-refractivity contribution in [2.24, 2.45) is 0 Å². The second kappa shape index (κ2) is 8.22. The number of piperazine rings is 1. The van der Waals surface area contributed by atoms with Crippen molar-refractivity contribution in [3.63, 3.8) is 0 Å². The molecule has 1 saturated heterocycles. The normalized spacial score (nSPS) is 14.1. The summed E-state index contributed by atoms with van der Waals surface area (Å²) >= 11 is 0. The van der Waals surface area contributed by atoms with Crippen LogP contribution in [0.2, 0.25) is 0 Å². The molecule has 1 aliphatic heterocycles. The van der Waals surface area contributed by atoms with Crippen LogP contribution in [0, 0.1) is 0 Å². The van der Waals surface area contributed by atoms with Crippen LogP contribution in [-0.2, 0) is 6.54 Å². The van der Waals surface area contributed by atoms with Crippen LogP contribution >= 0.6 is 0 Å². The monoisotopic (exact) mass is 426 g/mol. The van der Waals surface area contributed by atoms with Crippen molar-refractivity contribution in [3.05, 3.63) is 83.4 Å². The number of hydrogen-bond acceptors (Lipinski definition) is 6. The molecule has 0 bridgehead atoms. The highest BCUT2D eigenvalue weighted by atomic mass is 16.2. The zero-order chi connectivity index (χ0) is 22.1. The Hall–Kier alpha value is -4.07. The minimum atomic E-state index is -0.196. The molecule has 5 rings (SSSR count). The van der Waals surface area contributed by atoms with Crippen molar-refractivity contribution in [3.8, 4) is 0 Å². The molecule has 8 heteroatoms. The Morgan fingerprint density at radius 2 is 1.78 bits per heavy atom. The first kappa shape index (κ1) is 19.9. The van der Waals surface area contributed by atoms with Gasteiger partial charge in [0.05, 0.1) is 5.52 Å². The number of pyridine rings is 2. The summed E-state index contributed by atoms with van der Waals surface area (Å²) in [6.07, 6.45) is 5.06. The molecule has 3 aromatic heterocycles. The number of aromatic nitrogens is 4. The lowest BCUT2D eigenvalue weighted by Crippen LogP contribution is -2.50. The Balaban J connectivity index is 1.38. The van der Waals surface area contributed by atoms with Crippen LogP contribution in [0.4, 0.5) is 5.82 Å². The Kier molecular flexibility index (Phi) is 5.10. The van der Waals surface area contributed by atoms with E-state index in [1.165, 1.54) is 0 Å². The number of rotatable bonds is 4. The van der Waals surface area contributed by atoms with Gasteiger partial charge in [0.2, 0.25) is 0 Å². The van der Waals surface area contributed by atoms with Crippen molar-refractivity contribution >= 4 is 33.8 Å². The van der Waals surface area contributed by atoms with Gasteiger partial charge in [-0.15, -0.1) is 6.58 Å². The molecular formula is C24H22N6O2. The molecular weight excluding hydrogens is 404 g/mol. The topological polar surface area (TPSA) is 84.2 Å². The van der Waals surface area contributed by atoms with Crippen LogP contribution in [0.5, 0.6) is 0 Å². The molecule has 1 amide bonds. The third-order valence-corrected chi connectivity index (χ3v) is 5.71. The van der Waals surface area contributed by atoms with Gasteiger partial charge in [-0.05, 0) is 36.4 Å². The van der Waals surface area contributed by atoms with Crippen molar-refractivity contribution in [1.29, 1.82) is 0 Å². The van der Waals surface area contributed by atoms with Gasteiger partial charge >= 0.3 is 0 Å². The molecule has 0 N–H and O–H groups in total. The first-order valence-corrected chi connectivity index (χ1v) is 10.5. The number of allylic oxidation sites excluding steroid dienone is 1. The smallest absolute Gasteiger partial charge is 0.295 e. The number of nitrogens with zero attached hydrogens (tertiary/aromatic N) is 6. The third-order valence-electron chi connectivity index (χ3n) is 5.71. The molecule has 0 radical (unpaired) electrons. The standard InChI is InChI=1S/C24H22N6O2/c1-2-11-30-21-20(6-4-10-26-21)27-22(24(30)32)28-12-14-29(15-13-28)23(31)18-7-8-19-17(16-18)5-3-9-25-19/h2-10,16H,1,11-15H2. The number of amides is 1. The summed E-state index contributed by atoms with van der Waals surface area (Å²) in [7, 11) is 0. The summed E-state index contributed by atoms with van der Waals surface area (Å²) in [5, 5.41) is 0.939. The Morgan fingerprint density at radius 3 is 2.59 bits per heavy atom. The largest absolute Gasteiger partial charge is 0.348 e. The van der Waals surface area contributed by atoms with Gasteiger partial charge in [0.25, 0.3) is 11.5 Å². The van der Waals surface area contributed by atoms with Crippen LogP contribution in [-0.4, -0.2) is 56.5 Å². The summed E-state index contributed by atoms with van der Waals surface area (Å²) in [6.45, 7) is 6.20. The summed E-state index contributed by atoms with van der Waals surface area (Å²) in [5.41, 5.74) is 2.51. The van der Waals surface area contributed by atoms with Crippen molar-refractivity contribution in [1.82, 2.24) is 24.4 Å². The zero-order valence-electron chi connectivity index (χ0n) is 17.5. The van der Waals surface area contributed by atoms with E-state index in [2.05, 4.69) is 21.5 Å². The highest BCUT2D eigenvalue weighted by Crippen LogP contribution is 2.18. The Bertz CT molecular complexity index is 1390. The van der Waals surface area contributed by atoms with Crippen molar-refractivity contribution < 1.29 is 4.79 Å². The van der Waals surface area contributed by atoms with E-state index in [-0.39, 0.29) is 11.5 Å². The van der Waals surface area contributed by atoms with Gasteiger partial charge in [-0.1, -0.05) is 12.1 Å². The molecule has 0 unspecified atom stereocenters. The van der Waals surface area contributed by atoms with E-state index in [0.29, 0.717) is 55.3 Å². The van der Waals surface area contributed by atoms with Gasteiger partial charge in [-0.2, -0.15) is 0 Å². The fourth-order valence-corrected chi connectivity index (χ4v) is 4.08. The minimum absolute atomic E-state index is 0.0184. The molecule has 0 saturated carbocycles. The van der Waals surface area contributed by atoms with Gasteiger partial charge in [-0.3, -0.25) is 19.1 Å². The molecule has 0 aliphatic carbocycles. The number of carbonyl (C=O) groups excluding carboxylic acids is 1. The average molecular weight is 426 g/mol. The third kappa shape index (κ3) is 3.49. The molecule has 1 aromatic carbocycles. The maximum atomic E-state index is 13.1. The molecule has 4 aromatic rings. The zero-order valence-corrected chi connectivity index (χ0v) is 17.5. The van der Waals surface area contributed by atoms with Crippen LogP contribution in [0.3, 0.4) is 0 Å². The maximum Gasteiger partial charge on any atom is 0.295 e. The van der Waals surface area contributed by atoms with Gasteiger partial charge in [0, 0.05) is 56.1 Å². The van der Waals surface area contributed by atoms with E-state index in [1.807, 2.05) is 46.2 Å². The van der Waals surface area contributed by atoms with Gasteiger partial charge in [-0.25, -0.2) is 9.97 Å². The van der Waals surface area contributed by atoms with Crippen molar-refractivity contribution in [2.75, 3.05) is 31.1 Å². The van der Waals surface area contributed by atoms with Crippen LogP contribution in [0.1, 0.15) is 10.4 Å². The number of carbonyl (C=O) groups is 1. The summed E-state index contributed by atoms with van der Waals surface area (Å²) in [4.78, 5) is 43.1. The number of benzene rings is 1. The molecule has 4 heterocycles. The van der Waals surface area contributed by atoms with E-state index in [9.17, 15) is 9.59 Å². The lowest BCUT2D eigenvalue weighted by Gasteiger charge is -2.35. The molecule has 160 valence electrons. The Morgan fingerprint density at radius 1 is 1.00 bits per heavy atom. The first-order valence-electron chi connectivity index (χ1n) is 10.5. The van der Waals surface area contributed by atoms with E-state index < -0.39 is 0 Å². The van der Waals surface area contributed by atoms with Crippen LogP contribution in [0.15, 0.2) is 72.3 Å². The average Bonchev–Trinajstić information content (AvgIpc) is 2.85. The molecule has 0 spiro atoms. The van der Waals surface area contributed by atoms with E-state index in [0.717, 1.165) is 10.9 Å². The summed E-state index contributed by atoms with van der Waals surface area (Å²) in [5.74, 6) is 0.367. The van der Waals surface area contributed by atoms with Gasteiger partial charge in [0.15, 0.2) is 11.5 Å². The van der Waals surface area contributed by atoms with Gasteiger partial charge < -0.3 is 9.80 Å². The lowest BCUT2D eigenvalue weighted by atomic mass is 10.1.